The van der Waals surface area contributed by atoms with E-state index in [-0.39, 0.29) is 12.8 Å². The third kappa shape index (κ3) is 4.58. The van der Waals surface area contributed by atoms with E-state index in [0.29, 0.717) is 11.4 Å². The second-order valence-corrected chi connectivity index (χ2v) is 6.79. The molecule has 0 aliphatic rings. The van der Waals surface area contributed by atoms with Crippen LogP contribution >= 0.6 is 11.6 Å². The van der Waals surface area contributed by atoms with Crippen molar-refractivity contribution in [3.8, 4) is 0 Å². The van der Waals surface area contributed by atoms with E-state index in [0.717, 1.165) is 15.8 Å². The van der Waals surface area contributed by atoms with Crippen LogP contribution in [0.1, 0.15) is 30.1 Å². The summed E-state index contributed by atoms with van der Waals surface area (Å²) in [5.74, 6) is -1.24. The Morgan fingerprint density at radius 2 is 1.71 bits per heavy atom. The second-order valence-electron chi connectivity index (χ2n) is 6.18. The Morgan fingerprint density at radius 3 is 2.39 bits per heavy atom. The normalized spacial score (nSPS) is 11.8. The highest BCUT2D eigenvalue weighted by molar-refractivity contribution is 6.21. The average Bonchev–Trinajstić information content (AvgIpc) is 3.10. The summed E-state index contributed by atoms with van der Waals surface area (Å²) in [4.78, 5) is 41.8. The Kier molecular flexibility index (Phi) is 6.11. The predicted octanol–water partition coefficient (Wildman–Crippen LogP) is 4.25. The van der Waals surface area contributed by atoms with Gasteiger partial charge < -0.3 is 9.72 Å². The van der Waals surface area contributed by atoms with Gasteiger partial charge in [0.15, 0.2) is 5.56 Å². The monoisotopic (exact) mass is 398 g/mol. The third-order valence-corrected chi connectivity index (χ3v) is 4.16. The van der Waals surface area contributed by atoms with Crippen LogP contribution in [0.3, 0.4) is 0 Å². The number of benzene rings is 2. The maximum atomic E-state index is 13.0. The van der Waals surface area contributed by atoms with Crippen LogP contribution in [0.4, 0.5) is 5.82 Å². The van der Waals surface area contributed by atoms with Crippen molar-refractivity contribution in [1.29, 1.82) is 0 Å². The molecular weight excluding hydrogens is 380 g/mol. The minimum absolute atomic E-state index is 0.172. The Bertz CT molecular complexity index is 965. The lowest BCUT2D eigenvalue weighted by Gasteiger charge is -2.19. The zero-order valence-corrected chi connectivity index (χ0v) is 16.0. The van der Waals surface area contributed by atoms with E-state index >= 15 is 0 Å². The molecular formula is C21H19ClN2O4. The minimum Gasteiger partial charge on any atom is -0.446 e. The van der Waals surface area contributed by atoms with E-state index in [9.17, 15) is 14.4 Å². The first-order chi connectivity index (χ1) is 13.5. The van der Waals surface area contributed by atoms with Crippen LogP contribution in [-0.2, 0) is 14.3 Å². The van der Waals surface area contributed by atoms with Crippen LogP contribution in [0, 0.1) is 0 Å². The van der Waals surface area contributed by atoms with Crippen LogP contribution in [-0.4, -0.2) is 28.3 Å². The minimum atomic E-state index is -0.779. The Hall–Kier alpha value is -3.12. The number of amides is 2. The number of nitrogens with one attached hydrogen (secondary N) is 1. The van der Waals surface area contributed by atoms with Gasteiger partial charge in [-0.1, -0.05) is 48.0 Å². The number of anilines is 1. The highest BCUT2D eigenvalue weighted by atomic mass is 35.5. The van der Waals surface area contributed by atoms with Gasteiger partial charge in [0.25, 0.3) is 5.91 Å². The molecule has 0 spiro atoms. The summed E-state index contributed by atoms with van der Waals surface area (Å²) < 4.78 is 4.84. The maximum absolute atomic E-state index is 13.0. The number of ether oxygens (including phenoxy) is 1. The van der Waals surface area contributed by atoms with Crippen molar-refractivity contribution in [2.45, 2.75) is 25.3 Å². The van der Waals surface area contributed by atoms with E-state index in [4.69, 9.17) is 16.3 Å². The largest absolute Gasteiger partial charge is 0.446 e. The van der Waals surface area contributed by atoms with Crippen LogP contribution in [0.25, 0.3) is 10.9 Å². The van der Waals surface area contributed by atoms with Crippen molar-refractivity contribution >= 4 is 46.1 Å². The standard InChI is InChI=1S/C21H19ClN2O4/c1-14(22)28-20(26)12-11-19(25)24(21(27)15-7-3-2-4-8-15)18-13-16-9-5-6-10-17(16)23-18/h2-10,13-14,23H,11-12H2,1H3. The van der Waals surface area contributed by atoms with Crippen molar-refractivity contribution in [2.75, 3.05) is 4.90 Å². The van der Waals surface area contributed by atoms with Gasteiger partial charge in [-0.15, -0.1) is 0 Å². The SMILES string of the molecule is CC(Cl)OC(=O)CCC(=O)N(C(=O)c1ccccc1)c1cc2ccccc2[nH]1. The lowest BCUT2D eigenvalue weighted by atomic mass is 10.1. The maximum Gasteiger partial charge on any atom is 0.307 e. The van der Waals surface area contributed by atoms with Gasteiger partial charge in [-0.3, -0.25) is 14.4 Å². The summed E-state index contributed by atoms with van der Waals surface area (Å²) in [6, 6.07) is 17.7. The van der Waals surface area contributed by atoms with Crippen molar-refractivity contribution in [2.24, 2.45) is 0 Å². The molecule has 3 rings (SSSR count). The van der Waals surface area contributed by atoms with Gasteiger partial charge >= 0.3 is 5.97 Å². The Balaban J connectivity index is 1.89. The van der Waals surface area contributed by atoms with Crippen LogP contribution in [0.5, 0.6) is 0 Å². The molecule has 0 aliphatic heterocycles. The quantitative estimate of drug-likeness (QED) is 0.497. The van der Waals surface area contributed by atoms with Crippen LogP contribution in [0.2, 0.25) is 0 Å². The fourth-order valence-corrected chi connectivity index (χ4v) is 2.91. The number of H-pyrrole nitrogens is 1. The number of hydrogen-bond acceptors (Lipinski definition) is 4. The molecule has 0 aliphatic carbocycles. The summed E-state index contributed by atoms with van der Waals surface area (Å²) in [5.41, 5.74) is 0.386. The lowest BCUT2D eigenvalue weighted by molar-refractivity contribution is -0.145. The van der Waals surface area contributed by atoms with E-state index in [1.807, 2.05) is 24.3 Å². The molecule has 0 radical (unpaired) electrons. The van der Waals surface area contributed by atoms with Gasteiger partial charge in [0.2, 0.25) is 5.91 Å². The first-order valence-electron chi connectivity index (χ1n) is 8.79. The molecule has 1 heterocycles. The number of fused-ring (bicyclic) bond motifs is 1. The van der Waals surface area contributed by atoms with Crippen LogP contribution < -0.4 is 4.90 Å². The first-order valence-corrected chi connectivity index (χ1v) is 9.23. The number of aromatic nitrogens is 1. The molecule has 0 bridgehead atoms. The number of para-hydroxylation sites is 1. The Morgan fingerprint density at radius 1 is 1.04 bits per heavy atom. The van der Waals surface area contributed by atoms with Gasteiger partial charge in [0.1, 0.15) is 5.82 Å². The summed E-state index contributed by atoms with van der Waals surface area (Å²) in [5, 5.41) is 0.867. The molecule has 1 N–H and O–H groups in total. The van der Waals surface area contributed by atoms with Crippen LogP contribution in [0.15, 0.2) is 60.7 Å². The molecule has 1 unspecified atom stereocenters. The molecule has 28 heavy (non-hydrogen) atoms. The molecule has 2 amide bonds. The molecule has 0 saturated carbocycles. The van der Waals surface area contributed by atoms with Gasteiger partial charge in [-0.2, -0.15) is 0 Å². The second kappa shape index (κ2) is 8.71. The molecule has 1 atom stereocenters. The molecule has 3 aromatic rings. The number of halogens is 1. The van der Waals surface area contributed by atoms with Crippen molar-refractivity contribution in [1.82, 2.24) is 4.98 Å². The summed E-state index contributed by atoms with van der Waals surface area (Å²) in [7, 11) is 0. The van der Waals surface area contributed by atoms with Gasteiger partial charge in [0, 0.05) is 22.9 Å². The van der Waals surface area contributed by atoms with Crippen molar-refractivity contribution in [3.63, 3.8) is 0 Å². The number of nitrogens with zero attached hydrogens (tertiary/aromatic N) is 1. The highest BCUT2D eigenvalue weighted by Crippen LogP contribution is 2.24. The zero-order chi connectivity index (χ0) is 20.1. The van der Waals surface area contributed by atoms with E-state index in [1.165, 1.54) is 6.92 Å². The van der Waals surface area contributed by atoms with Gasteiger partial charge in [-0.25, -0.2) is 4.90 Å². The number of alkyl halides is 1. The number of carbonyl (C=O) groups excluding carboxylic acids is 3. The fourth-order valence-electron chi connectivity index (χ4n) is 2.81. The van der Waals surface area contributed by atoms with E-state index < -0.39 is 23.3 Å². The van der Waals surface area contributed by atoms with Gasteiger partial charge in [-0.05, 0) is 31.2 Å². The van der Waals surface area contributed by atoms with Gasteiger partial charge in [0.05, 0.1) is 6.42 Å². The predicted molar refractivity (Wildman–Crippen MR) is 107 cm³/mol. The molecule has 0 saturated heterocycles. The lowest BCUT2D eigenvalue weighted by Crippen LogP contribution is -2.37. The van der Waals surface area contributed by atoms with Crippen molar-refractivity contribution in [3.05, 3.63) is 66.2 Å². The topological polar surface area (TPSA) is 79.5 Å². The number of hydrogen-bond donors (Lipinski definition) is 1. The molecule has 2 aromatic carbocycles. The fraction of sp³-hybridized carbons (Fsp3) is 0.190. The highest BCUT2D eigenvalue weighted by Gasteiger charge is 2.27. The molecule has 144 valence electrons. The number of esters is 1. The smallest absolute Gasteiger partial charge is 0.307 e. The van der Waals surface area contributed by atoms with E-state index in [2.05, 4.69) is 4.98 Å². The van der Waals surface area contributed by atoms with E-state index in [1.54, 1.807) is 36.4 Å². The number of aromatic amines is 1. The summed E-state index contributed by atoms with van der Waals surface area (Å²) >= 11 is 5.62. The number of imide groups is 1. The number of rotatable bonds is 6. The molecule has 7 heteroatoms. The zero-order valence-electron chi connectivity index (χ0n) is 15.2. The molecule has 1 aromatic heterocycles. The summed E-state index contributed by atoms with van der Waals surface area (Å²) in [6.07, 6.45) is -0.356. The average molecular weight is 399 g/mol. The summed E-state index contributed by atoms with van der Waals surface area (Å²) in [6.45, 7) is 1.51. The van der Waals surface area contributed by atoms with Crippen molar-refractivity contribution < 1.29 is 19.1 Å². The third-order valence-electron chi connectivity index (χ3n) is 4.07. The molecule has 0 fully saturated rings. The first kappa shape index (κ1) is 19.6. The molecule has 6 nitrogen and oxygen atoms in total. The number of carbonyl (C=O) groups is 3. The Labute approximate surface area is 167 Å².